The van der Waals surface area contributed by atoms with Crippen molar-refractivity contribution in [2.75, 3.05) is 5.32 Å². The number of rotatable bonds is 2. The zero-order chi connectivity index (χ0) is 16.7. The molecule has 0 unspecified atom stereocenters. The van der Waals surface area contributed by atoms with Crippen LogP contribution < -0.4 is 16.2 Å². The lowest BCUT2D eigenvalue weighted by Gasteiger charge is -2.35. The molecule has 1 spiro atoms. The van der Waals surface area contributed by atoms with E-state index in [0.29, 0.717) is 17.3 Å². The number of hydrogen-bond acceptors (Lipinski definition) is 5. The standard InChI is InChI=1S/C17H19N5O2/c1-11-10-12(20-16-18-8-5-9-19-16)15(24)22-13(11)14(23)21-17(22)6-3-2-4-7-17/h5,8-10H,2-4,6-7H2,1H3,(H,21,23)(H,18,19,20). The number of aromatic nitrogens is 3. The fourth-order valence-corrected chi connectivity index (χ4v) is 3.82. The van der Waals surface area contributed by atoms with Crippen molar-refractivity contribution in [3.05, 3.63) is 46.1 Å². The van der Waals surface area contributed by atoms with Gasteiger partial charge in [-0.3, -0.25) is 14.2 Å². The van der Waals surface area contributed by atoms with Crippen molar-refractivity contribution < 1.29 is 4.79 Å². The van der Waals surface area contributed by atoms with Gasteiger partial charge in [0.15, 0.2) is 0 Å². The first kappa shape index (κ1) is 14.9. The van der Waals surface area contributed by atoms with Crippen LogP contribution in [0.1, 0.15) is 48.2 Å². The van der Waals surface area contributed by atoms with Crippen molar-refractivity contribution in [2.24, 2.45) is 0 Å². The molecule has 2 aromatic heterocycles. The Kier molecular flexibility index (Phi) is 3.37. The van der Waals surface area contributed by atoms with Gasteiger partial charge in [-0.15, -0.1) is 0 Å². The smallest absolute Gasteiger partial charge is 0.276 e. The Bertz CT molecular complexity index is 853. The number of pyridine rings is 1. The molecule has 0 radical (unpaired) electrons. The summed E-state index contributed by atoms with van der Waals surface area (Å²) in [4.78, 5) is 33.8. The molecular formula is C17H19N5O2. The molecule has 0 atom stereocenters. The molecular weight excluding hydrogens is 306 g/mol. The molecule has 0 aromatic carbocycles. The van der Waals surface area contributed by atoms with Crippen LogP contribution in [0, 0.1) is 6.92 Å². The summed E-state index contributed by atoms with van der Waals surface area (Å²) in [6.45, 7) is 1.85. The van der Waals surface area contributed by atoms with Crippen LogP contribution in [0.2, 0.25) is 0 Å². The Hall–Kier alpha value is -2.70. The molecule has 124 valence electrons. The number of anilines is 2. The van der Waals surface area contributed by atoms with Gasteiger partial charge in [0, 0.05) is 12.4 Å². The Balaban J connectivity index is 1.85. The molecule has 2 aliphatic rings. The van der Waals surface area contributed by atoms with Gasteiger partial charge in [-0.05, 0) is 50.3 Å². The molecule has 0 bridgehead atoms. The van der Waals surface area contributed by atoms with Crippen molar-refractivity contribution >= 4 is 17.5 Å². The summed E-state index contributed by atoms with van der Waals surface area (Å²) in [5.74, 6) is 0.207. The summed E-state index contributed by atoms with van der Waals surface area (Å²) < 4.78 is 1.66. The van der Waals surface area contributed by atoms with Crippen LogP contribution >= 0.6 is 0 Å². The van der Waals surface area contributed by atoms with Crippen molar-refractivity contribution in [1.82, 2.24) is 19.9 Å². The third-order valence-electron chi connectivity index (χ3n) is 4.87. The van der Waals surface area contributed by atoms with E-state index in [0.717, 1.165) is 37.7 Å². The highest BCUT2D eigenvalue weighted by atomic mass is 16.2. The third-order valence-corrected chi connectivity index (χ3v) is 4.87. The minimum atomic E-state index is -0.582. The second kappa shape index (κ2) is 5.43. The number of nitrogens with one attached hydrogen (secondary N) is 2. The van der Waals surface area contributed by atoms with E-state index in [1.54, 1.807) is 29.1 Å². The zero-order valence-corrected chi connectivity index (χ0v) is 13.5. The average Bonchev–Trinajstić information content (AvgIpc) is 2.86. The fourth-order valence-electron chi connectivity index (χ4n) is 3.82. The molecule has 1 aliphatic heterocycles. The minimum absolute atomic E-state index is 0.158. The molecule has 1 saturated carbocycles. The molecule has 1 aliphatic carbocycles. The van der Waals surface area contributed by atoms with Gasteiger partial charge in [0.05, 0.1) is 0 Å². The molecule has 4 rings (SSSR count). The van der Waals surface area contributed by atoms with E-state index in [-0.39, 0.29) is 11.5 Å². The van der Waals surface area contributed by atoms with Crippen LogP contribution in [0.4, 0.5) is 11.6 Å². The second-order valence-corrected chi connectivity index (χ2v) is 6.47. The number of carbonyl (C=O) groups is 1. The largest absolute Gasteiger partial charge is 0.327 e. The summed E-state index contributed by atoms with van der Waals surface area (Å²) in [7, 11) is 0. The van der Waals surface area contributed by atoms with Crippen molar-refractivity contribution in [1.29, 1.82) is 0 Å². The number of amides is 1. The Morgan fingerprint density at radius 3 is 2.58 bits per heavy atom. The highest BCUT2D eigenvalue weighted by molar-refractivity contribution is 5.97. The van der Waals surface area contributed by atoms with E-state index in [1.165, 1.54) is 0 Å². The van der Waals surface area contributed by atoms with Gasteiger partial charge in [0.1, 0.15) is 17.0 Å². The van der Waals surface area contributed by atoms with Crippen molar-refractivity contribution in [3.63, 3.8) is 0 Å². The number of fused-ring (bicyclic) bond motifs is 2. The number of carbonyl (C=O) groups excluding carboxylic acids is 1. The van der Waals surface area contributed by atoms with Gasteiger partial charge < -0.3 is 10.6 Å². The van der Waals surface area contributed by atoms with E-state index in [2.05, 4.69) is 20.6 Å². The third kappa shape index (κ3) is 2.19. The van der Waals surface area contributed by atoms with Gasteiger partial charge in [-0.1, -0.05) is 6.42 Å². The van der Waals surface area contributed by atoms with Gasteiger partial charge in [-0.2, -0.15) is 0 Å². The number of aryl methyl sites for hydroxylation is 1. The number of nitrogens with zero attached hydrogens (tertiary/aromatic N) is 3. The normalized spacial score (nSPS) is 18.3. The summed E-state index contributed by atoms with van der Waals surface area (Å²) in [6, 6.07) is 3.41. The topological polar surface area (TPSA) is 88.9 Å². The van der Waals surface area contributed by atoms with Crippen LogP contribution in [-0.2, 0) is 5.66 Å². The fraction of sp³-hybridized carbons (Fsp3) is 0.412. The molecule has 7 heteroatoms. The Morgan fingerprint density at radius 1 is 1.17 bits per heavy atom. The molecule has 0 saturated heterocycles. The Labute approximate surface area is 139 Å². The molecule has 1 amide bonds. The van der Waals surface area contributed by atoms with Crippen LogP contribution in [0.3, 0.4) is 0 Å². The zero-order valence-electron chi connectivity index (χ0n) is 13.5. The first-order valence-electron chi connectivity index (χ1n) is 8.24. The lowest BCUT2D eigenvalue weighted by molar-refractivity contribution is 0.0876. The molecule has 24 heavy (non-hydrogen) atoms. The Morgan fingerprint density at radius 2 is 1.88 bits per heavy atom. The van der Waals surface area contributed by atoms with E-state index in [9.17, 15) is 9.59 Å². The first-order chi connectivity index (χ1) is 11.6. The lowest BCUT2D eigenvalue weighted by atomic mass is 9.89. The van der Waals surface area contributed by atoms with Crippen LogP contribution in [0.15, 0.2) is 29.3 Å². The quantitative estimate of drug-likeness (QED) is 0.882. The summed E-state index contributed by atoms with van der Waals surface area (Å²) in [5, 5.41) is 6.06. The van der Waals surface area contributed by atoms with E-state index in [1.807, 2.05) is 6.92 Å². The molecule has 2 aromatic rings. The maximum Gasteiger partial charge on any atom is 0.276 e. The van der Waals surface area contributed by atoms with Crippen LogP contribution in [-0.4, -0.2) is 20.4 Å². The van der Waals surface area contributed by atoms with Crippen molar-refractivity contribution in [2.45, 2.75) is 44.7 Å². The summed E-state index contributed by atoms with van der Waals surface area (Å²) in [5.41, 5.74) is 0.850. The highest BCUT2D eigenvalue weighted by Gasteiger charge is 2.45. The maximum atomic E-state index is 13.1. The minimum Gasteiger partial charge on any atom is -0.327 e. The molecule has 3 heterocycles. The monoisotopic (exact) mass is 325 g/mol. The lowest BCUT2D eigenvalue weighted by Crippen LogP contribution is -2.48. The van der Waals surface area contributed by atoms with Gasteiger partial charge in [-0.25, -0.2) is 9.97 Å². The molecule has 7 nitrogen and oxygen atoms in total. The van der Waals surface area contributed by atoms with Crippen LogP contribution in [0.25, 0.3) is 0 Å². The summed E-state index contributed by atoms with van der Waals surface area (Å²) >= 11 is 0. The van der Waals surface area contributed by atoms with Crippen LogP contribution in [0.5, 0.6) is 0 Å². The average molecular weight is 325 g/mol. The van der Waals surface area contributed by atoms with Gasteiger partial charge in [0.2, 0.25) is 5.95 Å². The maximum absolute atomic E-state index is 13.1. The summed E-state index contributed by atoms with van der Waals surface area (Å²) in [6.07, 6.45) is 7.94. The van der Waals surface area contributed by atoms with Gasteiger partial charge >= 0.3 is 0 Å². The molecule has 1 fully saturated rings. The van der Waals surface area contributed by atoms with Gasteiger partial charge in [0.25, 0.3) is 11.5 Å². The van der Waals surface area contributed by atoms with E-state index >= 15 is 0 Å². The second-order valence-electron chi connectivity index (χ2n) is 6.47. The van der Waals surface area contributed by atoms with Crippen molar-refractivity contribution in [3.8, 4) is 0 Å². The van der Waals surface area contributed by atoms with E-state index < -0.39 is 5.66 Å². The molecule has 2 N–H and O–H groups in total. The highest BCUT2D eigenvalue weighted by Crippen LogP contribution is 2.37. The first-order valence-corrected chi connectivity index (χ1v) is 8.24. The SMILES string of the molecule is Cc1cc(Nc2ncccn2)c(=O)n2c1C(=O)NC21CCCCC1. The van der Waals surface area contributed by atoms with E-state index in [4.69, 9.17) is 0 Å². The number of hydrogen-bond donors (Lipinski definition) is 2. The predicted molar refractivity (Wildman–Crippen MR) is 89.3 cm³/mol. The predicted octanol–water partition coefficient (Wildman–Crippen LogP) is 2.05.